The predicted octanol–water partition coefficient (Wildman–Crippen LogP) is 3.34. The number of hydrogen-bond acceptors (Lipinski definition) is 3. The fraction of sp³-hybridized carbons (Fsp3) is 0.476. The lowest BCUT2D eigenvalue weighted by Crippen LogP contribution is -2.46. The van der Waals surface area contributed by atoms with Crippen LogP contribution in [0.1, 0.15) is 37.7 Å². The van der Waals surface area contributed by atoms with Crippen LogP contribution in [0.5, 0.6) is 0 Å². The summed E-state index contributed by atoms with van der Waals surface area (Å²) in [6.45, 7) is 2.16. The van der Waals surface area contributed by atoms with Gasteiger partial charge in [-0.3, -0.25) is 4.57 Å². The number of likely N-dealkylation sites (tertiary alicyclic amines) is 1. The van der Waals surface area contributed by atoms with Crippen molar-refractivity contribution in [3.8, 4) is 0 Å². The molecule has 2 heterocycles. The van der Waals surface area contributed by atoms with E-state index >= 15 is 0 Å². The molecule has 6 heteroatoms. The van der Waals surface area contributed by atoms with Crippen LogP contribution in [-0.4, -0.2) is 33.6 Å². The first-order valence-corrected chi connectivity index (χ1v) is 9.85. The maximum absolute atomic E-state index is 12.7. The monoisotopic (exact) mass is 366 g/mol. The van der Waals surface area contributed by atoms with Crippen LogP contribution in [0.3, 0.4) is 0 Å². The molecule has 2 fully saturated rings. The number of aromatic nitrogens is 2. The van der Waals surface area contributed by atoms with Crippen molar-refractivity contribution in [2.75, 3.05) is 18.4 Å². The highest BCUT2D eigenvalue weighted by atomic mass is 16.2. The molecular weight excluding hydrogens is 340 g/mol. The standard InChI is InChI=1S/C21H26N4O2/c26-20-22-10-4-11-24(20)14-16-5-3-8-19(13-16)23-21(27)25-12-9-17-6-1-2-7-18(17)15-25/h3-5,8,10-11,13,17-18H,1-2,6-7,9,12,14-15H2,(H,23,27)/t17-,18-/m1/s1. The van der Waals surface area contributed by atoms with E-state index in [2.05, 4.69) is 10.3 Å². The summed E-state index contributed by atoms with van der Waals surface area (Å²) in [7, 11) is 0. The number of fused-ring (bicyclic) bond motifs is 1. The van der Waals surface area contributed by atoms with Crippen molar-refractivity contribution < 1.29 is 4.79 Å². The second-order valence-electron chi connectivity index (χ2n) is 7.70. The zero-order valence-corrected chi connectivity index (χ0v) is 15.5. The number of carbonyl (C=O) groups is 1. The molecule has 1 aliphatic carbocycles. The van der Waals surface area contributed by atoms with Crippen LogP contribution < -0.4 is 11.0 Å². The number of anilines is 1. The van der Waals surface area contributed by atoms with Crippen molar-refractivity contribution in [1.29, 1.82) is 0 Å². The van der Waals surface area contributed by atoms with Gasteiger partial charge in [0, 0.05) is 31.2 Å². The predicted molar refractivity (Wildman–Crippen MR) is 105 cm³/mol. The lowest BCUT2D eigenvalue weighted by Gasteiger charge is -2.41. The van der Waals surface area contributed by atoms with Crippen LogP contribution in [0.4, 0.5) is 10.5 Å². The molecular formula is C21H26N4O2. The Balaban J connectivity index is 1.40. The van der Waals surface area contributed by atoms with Crippen LogP contribution in [0.25, 0.3) is 0 Å². The fourth-order valence-corrected chi connectivity index (χ4v) is 4.44. The van der Waals surface area contributed by atoms with E-state index in [0.29, 0.717) is 12.5 Å². The molecule has 0 radical (unpaired) electrons. The second-order valence-corrected chi connectivity index (χ2v) is 7.70. The number of nitrogens with zero attached hydrogens (tertiary/aromatic N) is 3. The molecule has 142 valence electrons. The quantitative estimate of drug-likeness (QED) is 0.906. The average molecular weight is 366 g/mol. The molecule has 1 aliphatic heterocycles. The Kier molecular flexibility index (Phi) is 5.23. The van der Waals surface area contributed by atoms with Gasteiger partial charge < -0.3 is 10.2 Å². The molecule has 1 aromatic heterocycles. The number of nitrogens with one attached hydrogen (secondary N) is 1. The highest BCUT2D eigenvalue weighted by Crippen LogP contribution is 2.36. The molecule has 0 spiro atoms. The van der Waals surface area contributed by atoms with Crippen LogP contribution in [0.15, 0.2) is 47.5 Å². The minimum atomic E-state index is -0.276. The van der Waals surface area contributed by atoms with Crippen LogP contribution in [0.2, 0.25) is 0 Å². The van der Waals surface area contributed by atoms with Crippen molar-refractivity contribution in [2.45, 2.75) is 38.6 Å². The van der Waals surface area contributed by atoms with Crippen molar-refractivity contribution in [3.63, 3.8) is 0 Å². The van der Waals surface area contributed by atoms with Crippen molar-refractivity contribution in [1.82, 2.24) is 14.5 Å². The number of hydrogen-bond donors (Lipinski definition) is 1. The molecule has 4 rings (SSSR count). The third-order valence-electron chi connectivity index (χ3n) is 5.89. The molecule has 1 saturated carbocycles. The Morgan fingerprint density at radius 1 is 1.15 bits per heavy atom. The maximum Gasteiger partial charge on any atom is 0.347 e. The van der Waals surface area contributed by atoms with Gasteiger partial charge in [-0.05, 0) is 48.4 Å². The normalized spacial score (nSPS) is 22.1. The van der Waals surface area contributed by atoms with Gasteiger partial charge in [-0.1, -0.05) is 31.4 Å². The second kappa shape index (κ2) is 7.94. The summed E-state index contributed by atoms with van der Waals surface area (Å²) in [6.07, 6.45) is 9.56. The van der Waals surface area contributed by atoms with Gasteiger partial charge in [0.05, 0.1) is 6.54 Å². The average Bonchev–Trinajstić information content (AvgIpc) is 2.70. The minimum absolute atomic E-state index is 0.0188. The van der Waals surface area contributed by atoms with E-state index in [1.54, 1.807) is 16.8 Å². The summed E-state index contributed by atoms with van der Waals surface area (Å²) in [6, 6.07) is 9.38. The van der Waals surface area contributed by atoms with Gasteiger partial charge >= 0.3 is 11.7 Å². The first-order valence-electron chi connectivity index (χ1n) is 9.85. The molecule has 2 amide bonds. The summed E-state index contributed by atoms with van der Waals surface area (Å²) >= 11 is 0. The Bertz CT molecular complexity index is 863. The van der Waals surface area contributed by atoms with Gasteiger partial charge in [0.25, 0.3) is 0 Å². The third kappa shape index (κ3) is 4.21. The topological polar surface area (TPSA) is 67.2 Å². The van der Waals surface area contributed by atoms with E-state index in [9.17, 15) is 9.59 Å². The number of rotatable bonds is 3. The van der Waals surface area contributed by atoms with Crippen LogP contribution in [0, 0.1) is 11.8 Å². The van der Waals surface area contributed by atoms with Gasteiger partial charge in [0.15, 0.2) is 0 Å². The van der Waals surface area contributed by atoms with Crippen molar-refractivity contribution in [3.05, 3.63) is 58.8 Å². The molecule has 2 aromatic rings. The maximum atomic E-state index is 12.7. The molecule has 1 saturated heterocycles. The van der Waals surface area contributed by atoms with E-state index in [1.807, 2.05) is 29.2 Å². The summed E-state index contributed by atoms with van der Waals surface area (Å²) in [5.41, 5.74) is 1.44. The van der Waals surface area contributed by atoms with E-state index in [-0.39, 0.29) is 11.7 Å². The molecule has 27 heavy (non-hydrogen) atoms. The van der Waals surface area contributed by atoms with Crippen molar-refractivity contribution in [2.24, 2.45) is 11.8 Å². The van der Waals surface area contributed by atoms with Gasteiger partial charge in [-0.2, -0.15) is 0 Å². The largest absolute Gasteiger partial charge is 0.347 e. The van der Waals surface area contributed by atoms with Gasteiger partial charge in [0.2, 0.25) is 0 Å². The number of benzene rings is 1. The fourth-order valence-electron chi connectivity index (χ4n) is 4.44. The smallest absolute Gasteiger partial charge is 0.324 e. The molecule has 1 aromatic carbocycles. The van der Waals surface area contributed by atoms with E-state index < -0.39 is 0 Å². The molecule has 2 aliphatic rings. The number of carbonyl (C=O) groups excluding carboxylic acids is 1. The Hall–Kier alpha value is -2.63. The number of amides is 2. The summed E-state index contributed by atoms with van der Waals surface area (Å²) in [5, 5.41) is 3.03. The summed E-state index contributed by atoms with van der Waals surface area (Å²) in [4.78, 5) is 30.2. The number of urea groups is 1. The Morgan fingerprint density at radius 3 is 2.85 bits per heavy atom. The Labute approximate surface area is 159 Å². The first-order chi connectivity index (χ1) is 13.2. The molecule has 2 atom stereocenters. The van der Waals surface area contributed by atoms with E-state index in [0.717, 1.165) is 36.7 Å². The molecule has 1 N–H and O–H groups in total. The highest BCUT2D eigenvalue weighted by molar-refractivity contribution is 5.89. The highest BCUT2D eigenvalue weighted by Gasteiger charge is 2.32. The third-order valence-corrected chi connectivity index (χ3v) is 5.89. The molecule has 0 unspecified atom stereocenters. The van der Waals surface area contributed by atoms with Crippen molar-refractivity contribution >= 4 is 11.7 Å². The zero-order chi connectivity index (χ0) is 18.6. The van der Waals surface area contributed by atoms with E-state index in [4.69, 9.17) is 0 Å². The van der Waals surface area contributed by atoms with Gasteiger partial charge in [-0.15, -0.1) is 0 Å². The molecule has 0 bridgehead atoms. The minimum Gasteiger partial charge on any atom is -0.324 e. The van der Waals surface area contributed by atoms with Gasteiger partial charge in [-0.25, -0.2) is 14.6 Å². The lowest BCUT2D eigenvalue weighted by molar-refractivity contribution is 0.108. The summed E-state index contributed by atoms with van der Waals surface area (Å²) in [5.74, 6) is 1.48. The first kappa shape index (κ1) is 17.8. The van der Waals surface area contributed by atoms with Crippen LogP contribution >= 0.6 is 0 Å². The Morgan fingerprint density at radius 2 is 2.00 bits per heavy atom. The summed E-state index contributed by atoms with van der Waals surface area (Å²) < 4.78 is 1.55. The van der Waals surface area contributed by atoms with Crippen LogP contribution in [-0.2, 0) is 6.54 Å². The molecule has 6 nitrogen and oxygen atoms in total. The number of piperidine rings is 1. The zero-order valence-electron chi connectivity index (χ0n) is 15.5. The van der Waals surface area contributed by atoms with Gasteiger partial charge in [0.1, 0.15) is 0 Å². The van der Waals surface area contributed by atoms with E-state index in [1.165, 1.54) is 31.9 Å². The SMILES string of the molecule is O=C(Nc1cccc(Cn2cccnc2=O)c1)N1CC[C@H]2CCCC[C@@H]2C1. The lowest BCUT2D eigenvalue weighted by atomic mass is 9.75.